The molecule has 7 aromatic heterocycles. The number of nitrogen functional groups attached to an aromatic ring is 1. The summed E-state index contributed by atoms with van der Waals surface area (Å²) in [7, 11) is 1.82. The molecule has 0 unspecified atom stereocenters. The molecule has 17 rings (SSSR count). The number of oxazole rings is 4. The number of phenolic OH excluding ortho intramolecular Hbond substituents is 1. The van der Waals surface area contributed by atoms with E-state index in [1.807, 2.05) is 217 Å². The van der Waals surface area contributed by atoms with Gasteiger partial charge in [-0.25, -0.2) is 29.1 Å². The van der Waals surface area contributed by atoms with E-state index in [2.05, 4.69) is 115 Å². The number of ether oxygens (including phenoxy) is 3. The number of aromatic amines is 1. The fraction of sp³-hybridized carbons (Fsp3) is 0.387. The maximum absolute atomic E-state index is 11.7. The first kappa shape index (κ1) is 109. The van der Waals surface area contributed by atoms with Crippen molar-refractivity contribution < 1.29 is 88.3 Å². The predicted octanol–water partition coefficient (Wildman–Crippen LogP) is 20.3. The molecule has 28 nitrogen and oxygen atoms in total. The zero-order valence-electron chi connectivity index (χ0n) is 77.5. The van der Waals surface area contributed by atoms with Crippen molar-refractivity contribution in [3.05, 3.63) is 246 Å². The zero-order valence-corrected chi connectivity index (χ0v) is 87.4. The fourth-order valence-electron chi connectivity index (χ4n) is 13.0. The molecule has 695 valence electrons. The van der Waals surface area contributed by atoms with Crippen LogP contribution in [0, 0.1) is 27.7 Å². The first-order chi connectivity index (χ1) is 60.6. The van der Waals surface area contributed by atoms with Gasteiger partial charge >= 0.3 is 50.1 Å². The summed E-state index contributed by atoms with van der Waals surface area (Å²) in [6.07, 6.45) is 6.60. The van der Waals surface area contributed by atoms with Gasteiger partial charge in [-0.15, -0.1) is 0 Å². The second-order valence-corrected chi connectivity index (χ2v) is 37.9. The van der Waals surface area contributed by atoms with E-state index in [1.165, 1.54) is 4.43 Å². The number of aryl methyl sites for hydroxylation is 7. The standard InChI is InChI=1S/C16H16N2O3.C15H20BNO4.C15H14N2O3.C12H24B2O4.C9H8BrNO2.C8H5BrO2.C7H8BrNO.C6H6BrNO.C3H7.C2H5I.V/c1-4-18-13-8-11(5-6-14(13)21-16(18)19)12-9-17-15(20-3)7-10(12)2;1-6-17-11-9-10(7-8-12(11)19-13(17)18)16-20-14(2,3)15(4,5)21-16;1-3-17-12-7-10(4-5-13(12)20-15(17)19)11-8-16-14(18)6-9(11)2;1-9(2)10(3,4)16-13(15-9)14-17-11(5,6)12(7,8)18-14;1-2-11-7-5-6(10)3-4-8(7)13-9(11)12;9-6-1-2-7-5(3-6)4-8(10)11-7;1-5-3-7(10-2)9-4-6(5)8;7-4-1-2-6(9)5(8)3-4;1-3-2;1-2-3;/h5-9H,4H2,1-3H3;7-9H,6H2,1-5H3;4-8H,3H2,1-2H3,(H,16,18);1-8H3;3-5H,2H2,1H3;1-3H,4H2;3-4H,1-2H3;1-3,9H,8H2;1,3H2,2H3;2H2,1H3;/q;;;;;;;;-1;;. The van der Waals surface area contributed by atoms with Crippen molar-refractivity contribution in [3.8, 4) is 45.5 Å². The van der Waals surface area contributed by atoms with Crippen LogP contribution in [-0.4, -0.2) is 118 Å². The number of nitrogens with two attached hydrogens (primary N) is 1. The Bertz CT molecular complexity index is 6290. The van der Waals surface area contributed by atoms with E-state index in [0.717, 1.165) is 96.3 Å². The number of fused-ring (bicyclic) bond motifs is 5. The molecule has 0 saturated carbocycles. The molecular weight excluding hydrogens is 2080 g/mol. The van der Waals surface area contributed by atoms with Crippen LogP contribution in [0.2, 0.25) is 0 Å². The average Bonchev–Trinajstić information content (AvgIpc) is 1.59. The quantitative estimate of drug-likeness (QED) is 0.0167. The van der Waals surface area contributed by atoms with E-state index in [9.17, 15) is 28.8 Å². The molecular formula is C93H113B3Br4IN8O20V-. The van der Waals surface area contributed by atoms with Crippen molar-refractivity contribution >= 4 is 169 Å². The van der Waals surface area contributed by atoms with Gasteiger partial charge in [0.2, 0.25) is 17.3 Å². The fourth-order valence-corrected chi connectivity index (χ4v) is 14.3. The first-order valence-electron chi connectivity index (χ1n) is 41.8. The maximum Gasteiger partial charge on any atom is 0.494 e. The minimum atomic E-state index is -0.476. The zero-order chi connectivity index (χ0) is 95.8. The number of carbonyl (C=O) groups excluding carboxylic acids is 1. The molecule has 0 bridgehead atoms. The third-order valence-corrected chi connectivity index (χ3v) is 24.4. The number of nitrogens with one attached hydrogen (secondary N) is 1. The van der Waals surface area contributed by atoms with Gasteiger partial charge in [0.25, 0.3) is 0 Å². The number of methoxy groups -OCH3 is 2. The van der Waals surface area contributed by atoms with Crippen molar-refractivity contribution in [2.45, 2.75) is 218 Å². The SMILES string of the molecule is CC1(C)OB(B2OC(C)(C)C(C)(C)O2)OC1(C)C.CCI.CCn1c(=O)oc2ccc(-c3c[nH]c(=O)cc3C)cc21.CCn1c(=O)oc2ccc(-c3cnc(OC)cc3C)cc21.CCn1c(=O)oc2ccc(B3OC(C)(C)C(C)(C)O3)cc21.CCn1c(=O)oc2ccc(Br)cc21.COc1cc(C)c(Br)cn1.Nc1cc(Br)ccc1O.O=C1Cc2cc(Br)ccc2O1.[CH2-]CC.[V]. The number of hydrogen-bond donors (Lipinski definition) is 3. The summed E-state index contributed by atoms with van der Waals surface area (Å²) in [5.74, 6) is 0.586. The third-order valence-electron chi connectivity index (χ3n) is 22.1. The molecule has 11 heterocycles. The molecule has 0 amide bonds. The van der Waals surface area contributed by atoms with Gasteiger partial charge < -0.3 is 82.6 Å². The number of pyridine rings is 3. The summed E-state index contributed by atoms with van der Waals surface area (Å²) in [6.45, 7) is 47.8. The Morgan fingerprint density at radius 2 is 0.846 bits per heavy atom. The van der Waals surface area contributed by atoms with Crippen molar-refractivity contribution in [2.24, 2.45) is 0 Å². The van der Waals surface area contributed by atoms with Gasteiger partial charge in [0, 0.05) is 116 Å². The van der Waals surface area contributed by atoms with E-state index in [-0.39, 0.29) is 92.5 Å². The molecule has 0 atom stereocenters. The van der Waals surface area contributed by atoms with E-state index in [0.29, 0.717) is 78.1 Å². The molecule has 4 N–H and O–H groups in total. The number of nitrogens with zero attached hydrogens (tertiary/aromatic N) is 6. The predicted molar refractivity (Wildman–Crippen MR) is 533 cm³/mol. The number of carbonyl (C=O) groups is 1. The summed E-state index contributed by atoms with van der Waals surface area (Å²) in [4.78, 5) is 79.4. The molecule has 13 aromatic rings. The molecule has 37 heteroatoms. The number of H-pyrrole nitrogens is 1. The smallest absolute Gasteiger partial charge is 0.494 e. The molecule has 3 fully saturated rings. The van der Waals surface area contributed by atoms with Gasteiger partial charge in [0.1, 0.15) is 11.5 Å². The van der Waals surface area contributed by atoms with E-state index in [1.54, 1.807) is 99.6 Å². The maximum atomic E-state index is 11.7. The normalized spacial score (nSPS) is 15.2. The van der Waals surface area contributed by atoms with Crippen LogP contribution in [0.4, 0.5) is 5.69 Å². The summed E-state index contributed by atoms with van der Waals surface area (Å²) in [5, 5.41) is 8.90. The molecule has 6 aromatic carbocycles. The summed E-state index contributed by atoms with van der Waals surface area (Å²) < 4.78 is 82.9. The van der Waals surface area contributed by atoms with Crippen molar-refractivity contribution in [1.29, 1.82) is 0 Å². The Balaban J connectivity index is 0.000000204. The number of esters is 1. The third kappa shape index (κ3) is 27.0. The Morgan fingerprint density at radius 3 is 1.25 bits per heavy atom. The van der Waals surface area contributed by atoms with Crippen LogP contribution in [0.1, 0.15) is 153 Å². The number of alkyl halides is 1. The number of rotatable bonds is 10. The van der Waals surface area contributed by atoms with E-state index in [4.69, 9.17) is 70.6 Å². The van der Waals surface area contributed by atoms with Crippen LogP contribution in [-0.2, 0) is 83.9 Å². The van der Waals surface area contributed by atoms with Crippen LogP contribution in [0.15, 0.2) is 206 Å². The second-order valence-electron chi connectivity index (χ2n) is 32.8. The first-order valence-corrected chi connectivity index (χ1v) is 46.5. The number of halogens is 5. The Kier molecular flexibility index (Phi) is 39.2. The molecule has 0 aliphatic carbocycles. The van der Waals surface area contributed by atoms with E-state index < -0.39 is 21.1 Å². The molecule has 3 saturated heterocycles. The minimum absolute atomic E-state index is 0. The Hall–Kier alpha value is -8.49. The van der Waals surface area contributed by atoms with Crippen LogP contribution >= 0.6 is 86.3 Å². The number of phenols is 1. The molecule has 130 heavy (non-hydrogen) atoms. The average molecular weight is 2190 g/mol. The van der Waals surface area contributed by atoms with Gasteiger partial charge in [-0.05, 0) is 276 Å². The van der Waals surface area contributed by atoms with Gasteiger partial charge in [-0.3, -0.25) is 27.9 Å². The summed E-state index contributed by atoms with van der Waals surface area (Å²) in [6, 6.07) is 38.2. The minimum Gasteiger partial charge on any atom is -0.506 e. The number of aromatic hydroxyl groups is 1. The monoisotopic (exact) mass is 2190 g/mol. The number of benzene rings is 6. The van der Waals surface area contributed by atoms with Crippen molar-refractivity contribution in [1.82, 2.24) is 33.2 Å². The second kappa shape index (κ2) is 46.9. The van der Waals surface area contributed by atoms with Crippen LogP contribution in [0.3, 0.4) is 0 Å². The molecule has 4 aliphatic rings. The number of hydrogen-bond acceptors (Lipinski definition) is 23. The molecule has 4 aliphatic heterocycles. The Morgan fingerprint density at radius 1 is 0.485 bits per heavy atom. The molecule has 1 radical (unpaired) electrons. The summed E-state index contributed by atoms with van der Waals surface area (Å²) >= 11 is 15.5. The van der Waals surface area contributed by atoms with E-state index >= 15 is 0 Å². The topological polar surface area (TPSA) is 346 Å². The molecule has 0 spiro atoms. The van der Waals surface area contributed by atoms with Gasteiger partial charge in [-0.2, -0.15) is 6.42 Å². The largest absolute Gasteiger partial charge is 0.506 e. The number of anilines is 1. The van der Waals surface area contributed by atoms with Crippen molar-refractivity contribution in [3.63, 3.8) is 0 Å². The Labute approximate surface area is 817 Å². The van der Waals surface area contributed by atoms with Crippen molar-refractivity contribution in [2.75, 3.05) is 24.4 Å². The van der Waals surface area contributed by atoms with Gasteiger partial charge in [0.05, 0.1) is 82.0 Å². The van der Waals surface area contributed by atoms with Crippen LogP contribution in [0.25, 0.3) is 66.7 Å². The van der Waals surface area contributed by atoms with Crippen LogP contribution < -0.4 is 54.0 Å². The van der Waals surface area contributed by atoms with Gasteiger partial charge in [-0.1, -0.05) is 102 Å². The number of aromatic nitrogens is 7. The summed E-state index contributed by atoms with van der Waals surface area (Å²) in [5.41, 5.74) is 17.8. The van der Waals surface area contributed by atoms with Crippen LogP contribution in [0.5, 0.6) is 23.3 Å². The van der Waals surface area contributed by atoms with Gasteiger partial charge in [0.15, 0.2) is 22.3 Å².